The van der Waals surface area contributed by atoms with E-state index in [9.17, 15) is 9.36 Å². The Morgan fingerprint density at radius 2 is 1.82 bits per heavy atom. The van der Waals surface area contributed by atoms with E-state index in [-0.39, 0.29) is 19.0 Å². The van der Waals surface area contributed by atoms with Crippen LogP contribution in [0.5, 0.6) is 11.5 Å². The molecule has 0 aliphatic carbocycles. The van der Waals surface area contributed by atoms with Crippen molar-refractivity contribution in [1.82, 2.24) is 0 Å². The highest BCUT2D eigenvalue weighted by Crippen LogP contribution is 2.58. The summed E-state index contributed by atoms with van der Waals surface area (Å²) in [5.74, 6) is -0.867. The molecule has 0 aliphatic heterocycles. The number of hydrogen-bond acceptors (Lipinski definition) is 7. The molecule has 0 aromatic heterocycles. The van der Waals surface area contributed by atoms with Crippen LogP contribution in [-0.4, -0.2) is 26.3 Å². The molecule has 2 N–H and O–H groups in total. The molecule has 0 radical (unpaired) electrons. The van der Waals surface area contributed by atoms with Crippen LogP contribution in [0.4, 0.5) is 0 Å². The zero-order valence-corrected chi connectivity index (χ0v) is 14.1. The van der Waals surface area contributed by atoms with Gasteiger partial charge in [0.1, 0.15) is 5.78 Å². The summed E-state index contributed by atoms with van der Waals surface area (Å²) in [7, 11) is -2.06. The van der Waals surface area contributed by atoms with Crippen molar-refractivity contribution in [3.05, 3.63) is 23.8 Å². The summed E-state index contributed by atoms with van der Waals surface area (Å²) in [4.78, 5) is 11.0. The first-order valence-electron chi connectivity index (χ1n) is 6.88. The van der Waals surface area contributed by atoms with Gasteiger partial charge in [0, 0.05) is 6.92 Å². The van der Waals surface area contributed by atoms with Crippen LogP contribution in [-0.2, 0) is 18.4 Å². The van der Waals surface area contributed by atoms with Crippen LogP contribution in [0.2, 0.25) is 0 Å². The van der Waals surface area contributed by atoms with Crippen molar-refractivity contribution in [2.45, 2.75) is 26.6 Å². The van der Waals surface area contributed by atoms with E-state index in [0.29, 0.717) is 11.3 Å². The van der Waals surface area contributed by atoms with Gasteiger partial charge in [0.15, 0.2) is 11.5 Å². The van der Waals surface area contributed by atoms with E-state index in [1.54, 1.807) is 26.0 Å². The Bertz CT molecular complexity index is 552. The number of hydrogen-bond donors (Lipinski definition) is 1. The molecule has 1 atom stereocenters. The SMILES string of the molecule is CCOP(=O)(OCC)[C@@H](N)c1ccc(OC(C)=O)c(OC)c1. The average molecular weight is 331 g/mol. The number of rotatable bonds is 8. The highest BCUT2D eigenvalue weighted by molar-refractivity contribution is 7.54. The molecular formula is C14H22NO6P. The normalized spacial score (nSPS) is 12.8. The largest absolute Gasteiger partial charge is 0.493 e. The fourth-order valence-electron chi connectivity index (χ4n) is 1.85. The van der Waals surface area contributed by atoms with Gasteiger partial charge in [-0.15, -0.1) is 0 Å². The number of methoxy groups -OCH3 is 1. The lowest BCUT2D eigenvalue weighted by Gasteiger charge is -2.24. The highest BCUT2D eigenvalue weighted by Gasteiger charge is 2.34. The zero-order chi connectivity index (χ0) is 16.8. The smallest absolute Gasteiger partial charge is 0.351 e. The average Bonchev–Trinajstić information content (AvgIpc) is 2.47. The second kappa shape index (κ2) is 8.29. The van der Waals surface area contributed by atoms with Gasteiger partial charge in [0.05, 0.1) is 20.3 Å². The van der Waals surface area contributed by atoms with Crippen LogP contribution in [0.25, 0.3) is 0 Å². The molecule has 1 rings (SSSR count). The Morgan fingerprint density at radius 1 is 1.23 bits per heavy atom. The molecule has 124 valence electrons. The van der Waals surface area contributed by atoms with Crippen LogP contribution in [0.15, 0.2) is 18.2 Å². The maximum atomic E-state index is 12.7. The summed E-state index contributed by atoms with van der Waals surface area (Å²) in [6.07, 6.45) is 0. The van der Waals surface area contributed by atoms with Crippen molar-refractivity contribution in [2.24, 2.45) is 5.73 Å². The van der Waals surface area contributed by atoms with Crippen LogP contribution < -0.4 is 15.2 Å². The number of carbonyl (C=O) groups is 1. The third-order valence-electron chi connectivity index (χ3n) is 2.74. The van der Waals surface area contributed by atoms with E-state index < -0.39 is 19.3 Å². The van der Waals surface area contributed by atoms with Crippen LogP contribution >= 0.6 is 7.60 Å². The van der Waals surface area contributed by atoms with Crippen LogP contribution in [0, 0.1) is 0 Å². The lowest BCUT2D eigenvalue weighted by molar-refractivity contribution is -0.132. The van der Waals surface area contributed by atoms with Crippen molar-refractivity contribution in [3.8, 4) is 11.5 Å². The highest BCUT2D eigenvalue weighted by atomic mass is 31.2. The van der Waals surface area contributed by atoms with E-state index in [4.69, 9.17) is 24.3 Å². The first kappa shape index (κ1) is 18.6. The number of esters is 1. The number of benzene rings is 1. The second-order valence-corrected chi connectivity index (χ2v) is 6.48. The Morgan fingerprint density at radius 3 is 2.27 bits per heavy atom. The molecule has 0 fully saturated rings. The molecule has 0 heterocycles. The number of nitrogens with two attached hydrogens (primary N) is 1. The Labute approximate surface area is 130 Å². The first-order chi connectivity index (χ1) is 10.4. The zero-order valence-electron chi connectivity index (χ0n) is 13.2. The molecular weight excluding hydrogens is 309 g/mol. The quantitative estimate of drug-likeness (QED) is 0.444. The lowest BCUT2D eigenvalue weighted by Crippen LogP contribution is -2.15. The molecule has 0 amide bonds. The lowest BCUT2D eigenvalue weighted by atomic mass is 10.2. The summed E-state index contributed by atoms with van der Waals surface area (Å²) in [6.45, 7) is 5.14. The van der Waals surface area contributed by atoms with Gasteiger partial charge in [0.25, 0.3) is 0 Å². The van der Waals surface area contributed by atoms with E-state index in [0.717, 1.165) is 0 Å². The van der Waals surface area contributed by atoms with Gasteiger partial charge in [-0.1, -0.05) is 6.07 Å². The summed E-state index contributed by atoms with van der Waals surface area (Å²) in [6, 6.07) is 4.67. The van der Waals surface area contributed by atoms with Gasteiger partial charge in [-0.25, -0.2) is 0 Å². The molecule has 0 unspecified atom stereocenters. The predicted molar refractivity (Wildman–Crippen MR) is 82.1 cm³/mol. The minimum Gasteiger partial charge on any atom is -0.493 e. The second-order valence-electron chi connectivity index (χ2n) is 4.32. The van der Waals surface area contributed by atoms with Crippen molar-refractivity contribution in [3.63, 3.8) is 0 Å². The van der Waals surface area contributed by atoms with Crippen molar-refractivity contribution >= 4 is 13.6 Å². The number of ether oxygens (including phenoxy) is 2. The van der Waals surface area contributed by atoms with E-state index >= 15 is 0 Å². The van der Waals surface area contributed by atoms with Crippen LogP contribution in [0.1, 0.15) is 32.1 Å². The van der Waals surface area contributed by atoms with Crippen molar-refractivity contribution in [1.29, 1.82) is 0 Å². The van der Waals surface area contributed by atoms with E-state index in [1.165, 1.54) is 20.1 Å². The maximum absolute atomic E-state index is 12.7. The van der Waals surface area contributed by atoms with Crippen LogP contribution in [0.3, 0.4) is 0 Å². The van der Waals surface area contributed by atoms with Gasteiger partial charge < -0.3 is 24.3 Å². The molecule has 0 aliphatic rings. The monoisotopic (exact) mass is 331 g/mol. The molecule has 0 bridgehead atoms. The standard InChI is InChI=1S/C14H22NO6P/c1-5-19-22(17,20-6-2)14(15)11-7-8-12(21-10(3)16)13(9-11)18-4/h7-9,14H,5-6,15H2,1-4H3/t14-/m1/s1. The first-order valence-corrected chi connectivity index (χ1v) is 8.49. The topological polar surface area (TPSA) is 97.1 Å². The van der Waals surface area contributed by atoms with Gasteiger partial charge in [0.2, 0.25) is 0 Å². The molecule has 1 aromatic rings. The van der Waals surface area contributed by atoms with Gasteiger partial charge in [-0.2, -0.15) is 0 Å². The van der Waals surface area contributed by atoms with E-state index in [2.05, 4.69) is 0 Å². The third kappa shape index (κ3) is 4.55. The molecule has 7 nitrogen and oxygen atoms in total. The van der Waals surface area contributed by atoms with Crippen molar-refractivity contribution in [2.75, 3.05) is 20.3 Å². The summed E-state index contributed by atoms with van der Waals surface area (Å²) in [5, 5.41) is 0. The minimum atomic E-state index is -3.49. The molecule has 8 heteroatoms. The predicted octanol–water partition coefficient (Wildman–Crippen LogP) is 2.84. The maximum Gasteiger partial charge on any atom is 0.351 e. The number of carbonyl (C=O) groups excluding carboxylic acids is 1. The molecule has 0 saturated heterocycles. The summed E-state index contributed by atoms with van der Waals surface area (Å²) in [5.41, 5.74) is 6.54. The minimum absolute atomic E-state index is 0.216. The van der Waals surface area contributed by atoms with Gasteiger partial charge >= 0.3 is 13.6 Å². The summed E-state index contributed by atoms with van der Waals surface area (Å²) < 4.78 is 33.3. The molecule has 1 aromatic carbocycles. The Hall–Kier alpha value is -1.40. The third-order valence-corrected chi connectivity index (χ3v) is 4.96. The summed E-state index contributed by atoms with van der Waals surface area (Å²) >= 11 is 0. The Kier molecular flexibility index (Phi) is 7.03. The fourth-order valence-corrected chi connectivity index (χ4v) is 3.49. The molecule has 0 spiro atoms. The molecule has 0 saturated carbocycles. The van der Waals surface area contributed by atoms with E-state index in [1.807, 2.05) is 0 Å². The Balaban J connectivity index is 3.14. The van der Waals surface area contributed by atoms with Crippen molar-refractivity contribution < 1.29 is 27.9 Å². The van der Waals surface area contributed by atoms with Gasteiger partial charge in [-0.05, 0) is 31.5 Å². The molecule has 22 heavy (non-hydrogen) atoms. The fraction of sp³-hybridized carbons (Fsp3) is 0.500. The van der Waals surface area contributed by atoms with Gasteiger partial charge in [-0.3, -0.25) is 9.36 Å².